The third-order valence-corrected chi connectivity index (χ3v) is 2.22. The highest BCUT2D eigenvalue weighted by molar-refractivity contribution is 5.12. The summed E-state index contributed by atoms with van der Waals surface area (Å²) in [5, 5.41) is 3.43. The van der Waals surface area contributed by atoms with Crippen LogP contribution in [0.3, 0.4) is 0 Å². The minimum absolute atomic E-state index is 0.966. The summed E-state index contributed by atoms with van der Waals surface area (Å²) in [6.07, 6.45) is 2.84. The maximum absolute atomic E-state index is 3.43. The summed E-state index contributed by atoms with van der Waals surface area (Å²) in [5.41, 5.74) is 1.26. The summed E-state index contributed by atoms with van der Waals surface area (Å²) in [7, 11) is 0. The second-order valence-electron chi connectivity index (χ2n) is 3.46. The van der Waals surface area contributed by atoms with E-state index in [9.17, 15) is 0 Å². The van der Waals surface area contributed by atoms with E-state index in [1.807, 2.05) is 12.1 Å². The molecule has 0 atom stereocenters. The van der Waals surface area contributed by atoms with E-state index < -0.39 is 0 Å². The lowest BCUT2D eigenvalue weighted by molar-refractivity contribution is 0.638. The summed E-state index contributed by atoms with van der Waals surface area (Å²) in [6, 6.07) is 11.3. The molecule has 1 radical (unpaired) electrons. The van der Waals surface area contributed by atoms with Crippen molar-refractivity contribution in [3.63, 3.8) is 0 Å². The van der Waals surface area contributed by atoms with E-state index in [4.69, 9.17) is 0 Å². The highest BCUT2D eigenvalue weighted by Crippen LogP contribution is 2.27. The van der Waals surface area contributed by atoms with Crippen molar-refractivity contribution in [3.05, 3.63) is 35.9 Å². The summed E-state index contributed by atoms with van der Waals surface area (Å²) in [4.78, 5) is 0. The Balaban J connectivity index is 1.72. The maximum Gasteiger partial charge on any atom is 0.0211 e. The molecular weight excluding hydrogens is 146 g/mol. The number of hydrogen-bond donors (Lipinski definition) is 1. The van der Waals surface area contributed by atoms with Gasteiger partial charge in [0, 0.05) is 6.54 Å². The quantitative estimate of drug-likeness (QED) is 0.710. The van der Waals surface area contributed by atoms with Crippen LogP contribution in [0.2, 0.25) is 0 Å². The van der Waals surface area contributed by atoms with Gasteiger partial charge in [0.05, 0.1) is 0 Å². The molecule has 0 unspecified atom stereocenters. The maximum atomic E-state index is 3.43. The number of rotatable bonds is 4. The first kappa shape index (κ1) is 7.81. The third-order valence-electron chi connectivity index (χ3n) is 2.22. The van der Waals surface area contributed by atoms with Crippen LogP contribution in [0.15, 0.2) is 24.3 Å². The van der Waals surface area contributed by atoms with E-state index in [1.54, 1.807) is 0 Å². The van der Waals surface area contributed by atoms with Crippen LogP contribution in [-0.2, 0) is 6.54 Å². The fourth-order valence-electron chi connectivity index (χ4n) is 1.27. The van der Waals surface area contributed by atoms with E-state index in [0.29, 0.717) is 0 Å². The molecule has 0 spiro atoms. The van der Waals surface area contributed by atoms with Gasteiger partial charge in [-0.1, -0.05) is 24.3 Å². The minimum atomic E-state index is 0.966. The van der Waals surface area contributed by atoms with E-state index in [-0.39, 0.29) is 0 Å². The molecule has 1 heteroatoms. The zero-order valence-corrected chi connectivity index (χ0v) is 7.22. The van der Waals surface area contributed by atoms with Gasteiger partial charge in [0.1, 0.15) is 0 Å². The van der Waals surface area contributed by atoms with Crippen LogP contribution in [0.25, 0.3) is 0 Å². The Hall–Kier alpha value is -0.820. The lowest BCUT2D eigenvalue weighted by Gasteiger charge is -2.01. The molecule has 1 N–H and O–H groups in total. The van der Waals surface area contributed by atoms with Gasteiger partial charge < -0.3 is 5.32 Å². The molecule has 1 fully saturated rings. The predicted octanol–water partition coefficient (Wildman–Crippen LogP) is 1.99. The molecule has 2 rings (SSSR count). The average Bonchev–Trinajstić information content (AvgIpc) is 2.90. The number of hydrogen-bond acceptors (Lipinski definition) is 1. The summed E-state index contributed by atoms with van der Waals surface area (Å²) >= 11 is 0. The first-order valence-electron chi connectivity index (χ1n) is 4.61. The van der Waals surface area contributed by atoms with Crippen molar-refractivity contribution in [2.45, 2.75) is 19.4 Å². The minimum Gasteiger partial charge on any atom is -0.312 e. The van der Waals surface area contributed by atoms with Crippen LogP contribution in [0.5, 0.6) is 0 Å². The molecule has 0 aromatic heterocycles. The van der Waals surface area contributed by atoms with Gasteiger partial charge in [-0.25, -0.2) is 0 Å². The smallest absolute Gasteiger partial charge is 0.0211 e. The molecule has 1 saturated carbocycles. The van der Waals surface area contributed by atoms with E-state index in [2.05, 4.69) is 23.5 Å². The number of benzene rings is 1. The summed E-state index contributed by atoms with van der Waals surface area (Å²) in [5.74, 6) is 0.966. The Kier molecular flexibility index (Phi) is 2.42. The summed E-state index contributed by atoms with van der Waals surface area (Å²) < 4.78 is 0. The second kappa shape index (κ2) is 3.72. The van der Waals surface area contributed by atoms with Crippen molar-refractivity contribution in [3.8, 4) is 0 Å². The van der Waals surface area contributed by atoms with Crippen LogP contribution in [-0.4, -0.2) is 6.54 Å². The molecule has 1 aliphatic carbocycles. The average molecular weight is 160 g/mol. The van der Waals surface area contributed by atoms with Gasteiger partial charge in [0.25, 0.3) is 0 Å². The van der Waals surface area contributed by atoms with E-state index >= 15 is 0 Å². The Morgan fingerprint density at radius 1 is 1.42 bits per heavy atom. The van der Waals surface area contributed by atoms with Crippen molar-refractivity contribution >= 4 is 0 Å². The van der Waals surface area contributed by atoms with Crippen LogP contribution >= 0.6 is 0 Å². The fourth-order valence-corrected chi connectivity index (χ4v) is 1.27. The van der Waals surface area contributed by atoms with Crippen molar-refractivity contribution in [2.75, 3.05) is 6.54 Å². The fraction of sp³-hybridized carbons (Fsp3) is 0.455. The van der Waals surface area contributed by atoms with Gasteiger partial charge in [0.2, 0.25) is 0 Å². The lowest BCUT2D eigenvalue weighted by Crippen LogP contribution is -2.15. The summed E-state index contributed by atoms with van der Waals surface area (Å²) in [6.45, 7) is 2.15. The topological polar surface area (TPSA) is 12.0 Å². The van der Waals surface area contributed by atoms with Gasteiger partial charge in [-0.15, -0.1) is 0 Å². The molecule has 1 aliphatic rings. The zero-order valence-electron chi connectivity index (χ0n) is 7.22. The third kappa shape index (κ3) is 2.35. The van der Waals surface area contributed by atoms with Crippen LogP contribution in [0, 0.1) is 12.0 Å². The molecular formula is C11H14N. The molecule has 0 amide bonds. The van der Waals surface area contributed by atoms with Crippen molar-refractivity contribution in [1.29, 1.82) is 0 Å². The molecule has 1 aromatic rings. The van der Waals surface area contributed by atoms with Gasteiger partial charge >= 0.3 is 0 Å². The van der Waals surface area contributed by atoms with Gasteiger partial charge in [-0.05, 0) is 36.9 Å². The highest BCUT2D eigenvalue weighted by Gasteiger charge is 2.19. The monoisotopic (exact) mass is 160 g/mol. The van der Waals surface area contributed by atoms with Crippen LogP contribution < -0.4 is 5.32 Å². The molecule has 0 saturated heterocycles. The van der Waals surface area contributed by atoms with Crippen molar-refractivity contribution in [1.82, 2.24) is 5.32 Å². The highest BCUT2D eigenvalue weighted by atomic mass is 14.9. The van der Waals surface area contributed by atoms with Gasteiger partial charge in [-0.2, -0.15) is 0 Å². The zero-order chi connectivity index (χ0) is 8.23. The standard InChI is InChI=1S/C11H14N/c1-2-4-10(5-3-1)8-12-9-11-6-7-11/h1-4,11-12H,6-9H2. The molecule has 0 aliphatic heterocycles. The molecule has 0 heterocycles. The Bertz CT molecular complexity index is 226. The normalized spacial score (nSPS) is 16.3. The Labute approximate surface area is 73.8 Å². The SMILES string of the molecule is [c]1ccccc1CNCC1CC1. The van der Waals surface area contributed by atoms with Crippen molar-refractivity contribution < 1.29 is 0 Å². The predicted molar refractivity (Wildman–Crippen MR) is 49.7 cm³/mol. The largest absolute Gasteiger partial charge is 0.312 e. The van der Waals surface area contributed by atoms with Crippen LogP contribution in [0.4, 0.5) is 0 Å². The molecule has 0 bridgehead atoms. The molecule has 1 aromatic carbocycles. The molecule has 1 nitrogen and oxygen atoms in total. The number of nitrogens with one attached hydrogen (secondary N) is 1. The molecule has 63 valence electrons. The van der Waals surface area contributed by atoms with Gasteiger partial charge in [-0.3, -0.25) is 0 Å². The first-order valence-corrected chi connectivity index (χ1v) is 4.61. The van der Waals surface area contributed by atoms with E-state index in [1.165, 1.54) is 24.9 Å². The Morgan fingerprint density at radius 3 is 3.00 bits per heavy atom. The first-order chi connectivity index (χ1) is 5.95. The Morgan fingerprint density at radius 2 is 2.33 bits per heavy atom. The van der Waals surface area contributed by atoms with Gasteiger partial charge in [0.15, 0.2) is 0 Å². The molecule has 12 heavy (non-hydrogen) atoms. The van der Waals surface area contributed by atoms with Crippen molar-refractivity contribution in [2.24, 2.45) is 5.92 Å². The lowest BCUT2D eigenvalue weighted by atomic mass is 10.2. The second-order valence-corrected chi connectivity index (χ2v) is 3.46. The van der Waals surface area contributed by atoms with E-state index in [0.717, 1.165) is 12.5 Å². The van der Waals surface area contributed by atoms with Crippen LogP contribution in [0.1, 0.15) is 18.4 Å².